The molecule has 0 aliphatic rings. The predicted molar refractivity (Wildman–Crippen MR) is 205 cm³/mol. The smallest absolute Gasteiger partial charge is 0.234 e. The molecule has 0 bridgehead atoms. The quantitative estimate of drug-likeness (QED) is 0.0987. The summed E-state index contributed by atoms with van der Waals surface area (Å²) in [5.74, 6) is 2.69. The first-order valence-corrected chi connectivity index (χ1v) is 19.2. The number of nitrogens with one attached hydrogen (secondary N) is 2. The van der Waals surface area contributed by atoms with Crippen LogP contribution >= 0.6 is 46.2 Å². The second-order valence-corrected chi connectivity index (χ2v) is 15.1. The van der Waals surface area contributed by atoms with Crippen molar-refractivity contribution in [1.29, 1.82) is 0 Å². The molecule has 0 spiro atoms. The van der Waals surface area contributed by atoms with E-state index in [0.29, 0.717) is 36.1 Å². The minimum Gasteiger partial charge on any atom is -0.495 e. The SMILES string of the molecule is CCOc1ccc2nc(SCC(=O)Nc3ccc(-c4ccc(NC(=O)CSc5nc6ccc(OCC)cc6s5)c(OC)c4)cc3OC)sc2c1. The van der Waals surface area contributed by atoms with Gasteiger partial charge in [0, 0.05) is 0 Å². The lowest BCUT2D eigenvalue weighted by Gasteiger charge is -2.14. The van der Waals surface area contributed by atoms with Gasteiger partial charge in [-0.3, -0.25) is 9.59 Å². The molecule has 2 aromatic heterocycles. The molecule has 0 fully saturated rings. The Bertz CT molecular complexity index is 2000. The summed E-state index contributed by atoms with van der Waals surface area (Å²) in [4.78, 5) is 35.0. The molecular formula is C36H34N4O6S4. The predicted octanol–water partition coefficient (Wildman–Crippen LogP) is 8.85. The number of fused-ring (bicyclic) bond motifs is 2. The summed E-state index contributed by atoms with van der Waals surface area (Å²) in [5.41, 5.74) is 4.58. The van der Waals surface area contributed by atoms with Crippen molar-refractivity contribution in [3.8, 4) is 34.1 Å². The van der Waals surface area contributed by atoms with Gasteiger partial charge in [-0.2, -0.15) is 0 Å². The van der Waals surface area contributed by atoms with Gasteiger partial charge in [-0.1, -0.05) is 35.7 Å². The average molecular weight is 747 g/mol. The lowest BCUT2D eigenvalue weighted by molar-refractivity contribution is -0.114. The van der Waals surface area contributed by atoms with E-state index in [0.717, 1.165) is 51.7 Å². The van der Waals surface area contributed by atoms with Crippen LogP contribution in [0.25, 0.3) is 31.6 Å². The third kappa shape index (κ3) is 8.62. The van der Waals surface area contributed by atoms with Crippen molar-refractivity contribution < 1.29 is 28.5 Å². The molecule has 6 aromatic rings. The Labute approximate surface area is 305 Å². The van der Waals surface area contributed by atoms with Gasteiger partial charge in [0.25, 0.3) is 0 Å². The zero-order valence-corrected chi connectivity index (χ0v) is 31.0. The first kappa shape index (κ1) is 35.3. The lowest BCUT2D eigenvalue weighted by atomic mass is 10.0. The van der Waals surface area contributed by atoms with Gasteiger partial charge in [-0.15, -0.1) is 22.7 Å². The fraction of sp³-hybridized carbons (Fsp3) is 0.222. The fourth-order valence-corrected chi connectivity index (χ4v) is 8.77. The molecule has 2 N–H and O–H groups in total. The fourth-order valence-electron chi connectivity index (χ4n) is 4.98. The van der Waals surface area contributed by atoms with Gasteiger partial charge in [0.1, 0.15) is 23.0 Å². The van der Waals surface area contributed by atoms with Crippen LogP contribution in [-0.2, 0) is 9.59 Å². The highest BCUT2D eigenvalue weighted by Gasteiger charge is 2.15. The van der Waals surface area contributed by atoms with E-state index in [-0.39, 0.29) is 23.3 Å². The summed E-state index contributed by atoms with van der Waals surface area (Å²) in [5, 5.41) is 5.90. The number of carbonyl (C=O) groups is 2. The second kappa shape index (κ2) is 16.5. The molecule has 0 aliphatic carbocycles. The van der Waals surface area contributed by atoms with Gasteiger partial charge < -0.3 is 29.6 Å². The Morgan fingerprint density at radius 2 is 1.08 bits per heavy atom. The van der Waals surface area contributed by atoms with Crippen molar-refractivity contribution in [1.82, 2.24) is 9.97 Å². The molecule has 0 unspecified atom stereocenters. The zero-order valence-electron chi connectivity index (χ0n) is 27.7. The van der Waals surface area contributed by atoms with Crippen LogP contribution in [0.2, 0.25) is 0 Å². The molecule has 2 heterocycles. The number of thiazole rings is 2. The largest absolute Gasteiger partial charge is 0.495 e. The van der Waals surface area contributed by atoms with E-state index in [4.69, 9.17) is 18.9 Å². The highest BCUT2D eigenvalue weighted by Crippen LogP contribution is 2.37. The minimum atomic E-state index is -0.172. The molecule has 2 amide bonds. The van der Waals surface area contributed by atoms with E-state index in [1.807, 2.05) is 86.6 Å². The standard InChI is InChI=1S/C36H34N4O6S4/c1-5-45-23-9-13-27-31(17-23)49-35(39-27)47-19-33(41)37-25-11-7-21(15-29(25)43-3)22-8-12-26(30(16-22)44-4)38-34(42)20-48-36-40-28-14-10-24(46-6-2)18-32(28)50-36/h7-18H,5-6,19-20H2,1-4H3,(H,37,41)(H,38,42). The Kier molecular flexibility index (Phi) is 11.6. The van der Waals surface area contributed by atoms with Crippen LogP contribution in [0, 0.1) is 0 Å². The highest BCUT2D eigenvalue weighted by atomic mass is 32.2. The van der Waals surface area contributed by atoms with Crippen LogP contribution in [0.3, 0.4) is 0 Å². The molecule has 258 valence electrons. The maximum atomic E-state index is 12.9. The van der Waals surface area contributed by atoms with Gasteiger partial charge in [-0.05, 0) is 85.6 Å². The molecule has 0 radical (unpaired) electrons. The molecule has 14 heteroatoms. The zero-order chi connectivity index (χ0) is 35.0. The third-order valence-electron chi connectivity index (χ3n) is 7.24. The number of ether oxygens (including phenoxy) is 4. The number of hydrogen-bond donors (Lipinski definition) is 2. The van der Waals surface area contributed by atoms with E-state index < -0.39 is 0 Å². The molecule has 10 nitrogen and oxygen atoms in total. The number of hydrogen-bond acceptors (Lipinski definition) is 12. The molecule has 0 aliphatic heterocycles. The molecule has 0 saturated heterocycles. The number of anilines is 2. The number of nitrogens with zero attached hydrogens (tertiary/aromatic N) is 2. The van der Waals surface area contributed by atoms with Gasteiger partial charge in [-0.25, -0.2) is 9.97 Å². The first-order valence-electron chi connectivity index (χ1n) is 15.6. The lowest BCUT2D eigenvalue weighted by Crippen LogP contribution is -2.15. The number of amides is 2. The maximum absolute atomic E-state index is 12.9. The van der Waals surface area contributed by atoms with Crippen molar-refractivity contribution in [3.05, 3.63) is 72.8 Å². The van der Waals surface area contributed by atoms with E-state index in [2.05, 4.69) is 20.6 Å². The number of thioether (sulfide) groups is 2. The summed E-state index contributed by atoms with van der Waals surface area (Å²) in [6.45, 7) is 5.09. The van der Waals surface area contributed by atoms with Crippen molar-refractivity contribution in [2.75, 3.05) is 49.6 Å². The summed E-state index contributed by atoms with van der Waals surface area (Å²) in [6, 6.07) is 22.7. The maximum Gasteiger partial charge on any atom is 0.234 e. The number of carbonyl (C=O) groups excluding carboxylic acids is 2. The van der Waals surface area contributed by atoms with Crippen molar-refractivity contribution in [2.45, 2.75) is 22.5 Å². The highest BCUT2D eigenvalue weighted by molar-refractivity contribution is 8.02. The normalized spacial score (nSPS) is 11.0. The molecule has 4 aromatic carbocycles. The molecule has 6 rings (SSSR count). The monoisotopic (exact) mass is 746 g/mol. The number of rotatable bonds is 15. The third-order valence-corrected chi connectivity index (χ3v) is 11.6. The Morgan fingerprint density at radius 1 is 0.640 bits per heavy atom. The van der Waals surface area contributed by atoms with Gasteiger partial charge in [0.05, 0.1) is 70.7 Å². The average Bonchev–Trinajstić information content (AvgIpc) is 3.73. The molecule has 0 atom stereocenters. The van der Waals surface area contributed by atoms with E-state index in [1.165, 1.54) is 46.2 Å². The molecule has 50 heavy (non-hydrogen) atoms. The number of aromatic nitrogens is 2. The van der Waals surface area contributed by atoms with Crippen molar-refractivity contribution in [2.24, 2.45) is 0 Å². The van der Waals surface area contributed by atoms with Gasteiger partial charge in [0.2, 0.25) is 11.8 Å². The van der Waals surface area contributed by atoms with Gasteiger partial charge in [0.15, 0.2) is 8.68 Å². The Hall–Kier alpha value is -4.50. The Morgan fingerprint density at radius 3 is 1.48 bits per heavy atom. The van der Waals surface area contributed by atoms with Gasteiger partial charge >= 0.3 is 0 Å². The first-order chi connectivity index (χ1) is 24.3. The van der Waals surface area contributed by atoms with Crippen molar-refractivity contribution in [3.63, 3.8) is 0 Å². The van der Waals surface area contributed by atoms with Crippen LogP contribution in [0.15, 0.2) is 81.5 Å². The van der Waals surface area contributed by atoms with E-state index in [9.17, 15) is 9.59 Å². The van der Waals surface area contributed by atoms with Crippen LogP contribution in [-0.4, -0.2) is 60.7 Å². The van der Waals surface area contributed by atoms with Crippen LogP contribution < -0.4 is 29.6 Å². The van der Waals surface area contributed by atoms with Crippen molar-refractivity contribution >= 4 is 89.8 Å². The summed E-state index contributed by atoms with van der Waals surface area (Å²) >= 11 is 5.82. The molecule has 0 saturated carbocycles. The Balaban J connectivity index is 1.06. The van der Waals surface area contributed by atoms with E-state index in [1.54, 1.807) is 14.2 Å². The summed E-state index contributed by atoms with van der Waals surface area (Å²) < 4.78 is 26.1. The summed E-state index contributed by atoms with van der Waals surface area (Å²) in [6.07, 6.45) is 0. The summed E-state index contributed by atoms with van der Waals surface area (Å²) in [7, 11) is 3.12. The number of benzene rings is 4. The van der Waals surface area contributed by atoms with E-state index >= 15 is 0 Å². The second-order valence-electron chi connectivity index (χ2n) is 10.6. The molecular weight excluding hydrogens is 713 g/mol. The minimum absolute atomic E-state index is 0.172. The van der Waals surface area contributed by atoms with Crippen LogP contribution in [0.5, 0.6) is 23.0 Å². The topological polar surface area (TPSA) is 121 Å². The van der Waals surface area contributed by atoms with Crippen LogP contribution in [0.4, 0.5) is 11.4 Å². The number of methoxy groups -OCH3 is 2. The van der Waals surface area contributed by atoms with Crippen LogP contribution in [0.1, 0.15) is 13.8 Å².